The van der Waals surface area contributed by atoms with E-state index in [-0.39, 0.29) is 5.41 Å². The summed E-state index contributed by atoms with van der Waals surface area (Å²) in [5, 5.41) is 3.67. The Morgan fingerprint density at radius 3 is 2.75 bits per heavy atom. The average molecular weight is 261 g/mol. The van der Waals surface area contributed by atoms with Crippen molar-refractivity contribution >= 4 is 5.69 Å². The van der Waals surface area contributed by atoms with Gasteiger partial charge in [-0.2, -0.15) is 0 Å². The van der Waals surface area contributed by atoms with Gasteiger partial charge in [-0.1, -0.05) is 50.1 Å². The molecule has 1 heteroatoms. The second-order valence-electron chi connectivity index (χ2n) is 6.17. The van der Waals surface area contributed by atoms with Gasteiger partial charge < -0.3 is 5.32 Å². The van der Waals surface area contributed by atoms with Gasteiger partial charge in [0.2, 0.25) is 0 Å². The van der Waals surface area contributed by atoms with E-state index < -0.39 is 0 Å². The quantitative estimate of drug-likeness (QED) is 0.790. The van der Waals surface area contributed by atoms with Crippen molar-refractivity contribution in [2.24, 2.45) is 5.41 Å². The Morgan fingerprint density at radius 2 is 1.95 bits per heavy atom. The lowest BCUT2D eigenvalue weighted by Crippen LogP contribution is -2.24. The van der Waals surface area contributed by atoms with Crippen molar-refractivity contribution in [1.29, 1.82) is 0 Å². The standard InChI is InChI=1S/C19H19N/c1-4-14-8-7-10-16(12-14)20-18-17-11-6-5-9-15(17)13-19(18,2)3/h1,5-12,18,20H,13H2,2-3H3. The van der Waals surface area contributed by atoms with Crippen molar-refractivity contribution in [3.05, 3.63) is 65.2 Å². The van der Waals surface area contributed by atoms with E-state index in [4.69, 9.17) is 6.42 Å². The summed E-state index contributed by atoms with van der Waals surface area (Å²) in [6.45, 7) is 4.63. The molecule has 1 aliphatic carbocycles. The second-order valence-corrected chi connectivity index (χ2v) is 6.17. The lowest BCUT2D eigenvalue weighted by Gasteiger charge is -2.29. The largest absolute Gasteiger partial charge is 0.378 e. The molecule has 0 fully saturated rings. The van der Waals surface area contributed by atoms with E-state index in [1.165, 1.54) is 11.1 Å². The van der Waals surface area contributed by atoms with E-state index in [2.05, 4.69) is 55.4 Å². The molecule has 2 aromatic carbocycles. The molecule has 1 nitrogen and oxygen atoms in total. The molecule has 20 heavy (non-hydrogen) atoms. The van der Waals surface area contributed by atoms with E-state index in [1.54, 1.807) is 0 Å². The third kappa shape index (κ3) is 2.18. The Bertz CT molecular complexity index is 676. The molecule has 0 aliphatic heterocycles. The topological polar surface area (TPSA) is 12.0 Å². The molecule has 3 rings (SSSR count). The molecule has 1 N–H and O–H groups in total. The molecule has 0 spiro atoms. The Hall–Kier alpha value is -2.20. The first-order valence-electron chi connectivity index (χ1n) is 7.01. The predicted molar refractivity (Wildman–Crippen MR) is 84.7 cm³/mol. The molecular formula is C19H19N. The highest BCUT2D eigenvalue weighted by molar-refractivity contribution is 5.53. The minimum Gasteiger partial charge on any atom is -0.378 e. The first kappa shape index (κ1) is 12.8. The molecule has 0 saturated heterocycles. The van der Waals surface area contributed by atoms with Gasteiger partial charge in [-0.15, -0.1) is 6.42 Å². The molecule has 0 aromatic heterocycles. The number of rotatable bonds is 2. The molecule has 0 heterocycles. The number of benzene rings is 2. The summed E-state index contributed by atoms with van der Waals surface area (Å²) < 4.78 is 0. The molecule has 1 unspecified atom stereocenters. The first-order valence-corrected chi connectivity index (χ1v) is 7.01. The first-order chi connectivity index (χ1) is 9.60. The van der Waals surface area contributed by atoms with Crippen LogP contribution in [0.25, 0.3) is 0 Å². The molecule has 100 valence electrons. The molecule has 0 radical (unpaired) electrons. The summed E-state index contributed by atoms with van der Waals surface area (Å²) in [7, 11) is 0. The van der Waals surface area contributed by atoms with Gasteiger partial charge in [-0.25, -0.2) is 0 Å². The van der Waals surface area contributed by atoms with Crippen LogP contribution in [0.1, 0.15) is 36.6 Å². The smallest absolute Gasteiger partial charge is 0.0570 e. The highest BCUT2D eigenvalue weighted by atomic mass is 14.9. The Labute approximate surface area is 121 Å². The second kappa shape index (κ2) is 4.72. The summed E-state index contributed by atoms with van der Waals surface area (Å²) >= 11 is 0. The Kier molecular flexibility index (Phi) is 3.03. The highest BCUT2D eigenvalue weighted by Gasteiger charge is 2.38. The van der Waals surface area contributed by atoms with Gasteiger partial charge in [0.25, 0.3) is 0 Å². The van der Waals surface area contributed by atoms with Crippen molar-refractivity contribution in [3.63, 3.8) is 0 Å². The molecule has 1 atom stereocenters. The lowest BCUT2D eigenvalue weighted by atomic mass is 9.85. The van der Waals surface area contributed by atoms with Crippen molar-refractivity contribution in [3.8, 4) is 12.3 Å². The monoisotopic (exact) mass is 261 g/mol. The van der Waals surface area contributed by atoms with Gasteiger partial charge in [0, 0.05) is 11.3 Å². The van der Waals surface area contributed by atoms with E-state index in [1.807, 2.05) is 18.2 Å². The van der Waals surface area contributed by atoms with Crippen LogP contribution >= 0.6 is 0 Å². The third-order valence-electron chi connectivity index (χ3n) is 4.13. The van der Waals surface area contributed by atoms with Crippen LogP contribution in [0, 0.1) is 17.8 Å². The van der Waals surface area contributed by atoms with Gasteiger partial charge in [-0.05, 0) is 41.2 Å². The maximum absolute atomic E-state index is 5.48. The molecule has 0 saturated carbocycles. The van der Waals surface area contributed by atoms with Crippen LogP contribution in [0.4, 0.5) is 5.69 Å². The van der Waals surface area contributed by atoms with Crippen molar-refractivity contribution in [2.45, 2.75) is 26.3 Å². The average Bonchev–Trinajstić information content (AvgIpc) is 2.70. The Morgan fingerprint density at radius 1 is 1.15 bits per heavy atom. The van der Waals surface area contributed by atoms with Crippen molar-refractivity contribution in [1.82, 2.24) is 0 Å². The third-order valence-corrected chi connectivity index (χ3v) is 4.13. The fraction of sp³-hybridized carbons (Fsp3) is 0.263. The van der Waals surface area contributed by atoms with Crippen LogP contribution in [-0.4, -0.2) is 0 Å². The number of anilines is 1. The molecular weight excluding hydrogens is 242 g/mol. The molecule has 2 aromatic rings. The Balaban J connectivity index is 1.95. The molecule has 0 amide bonds. The molecule has 1 aliphatic rings. The summed E-state index contributed by atoms with van der Waals surface area (Å²) in [5.41, 5.74) is 5.07. The van der Waals surface area contributed by atoms with Gasteiger partial charge in [0.1, 0.15) is 0 Å². The summed E-state index contributed by atoms with van der Waals surface area (Å²) in [6, 6.07) is 17.1. The maximum Gasteiger partial charge on any atom is 0.0570 e. The fourth-order valence-corrected chi connectivity index (χ4v) is 3.13. The van der Waals surface area contributed by atoms with E-state index in [0.717, 1.165) is 17.7 Å². The van der Waals surface area contributed by atoms with Crippen LogP contribution in [0.15, 0.2) is 48.5 Å². The van der Waals surface area contributed by atoms with E-state index in [9.17, 15) is 0 Å². The predicted octanol–water partition coefficient (Wildman–Crippen LogP) is 4.40. The van der Waals surface area contributed by atoms with Gasteiger partial charge in [0.15, 0.2) is 0 Å². The number of terminal acetylenes is 1. The maximum atomic E-state index is 5.48. The van der Waals surface area contributed by atoms with Crippen LogP contribution in [0.5, 0.6) is 0 Å². The number of nitrogens with one attached hydrogen (secondary N) is 1. The number of hydrogen-bond donors (Lipinski definition) is 1. The molecule has 0 bridgehead atoms. The van der Waals surface area contributed by atoms with Crippen LogP contribution in [-0.2, 0) is 6.42 Å². The lowest BCUT2D eigenvalue weighted by molar-refractivity contribution is 0.337. The summed E-state index contributed by atoms with van der Waals surface area (Å²) in [6.07, 6.45) is 6.59. The van der Waals surface area contributed by atoms with Crippen molar-refractivity contribution in [2.75, 3.05) is 5.32 Å². The zero-order valence-corrected chi connectivity index (χ0v) is 12.0. The van der Waals surface area contributed by atoms with Crippen molar-refractivity contribution < 1.29 is 0 Å². The van der Waals surface area contributed by atoms with Crippen LogP contribution in [0.3, 0.4) is 0 Å². The van der Waals surface area contributed by atoms with E-state index in [0.29, 0.717) is 6.04 Å². The van der Waals surface area contributed by atoms with Crippen LogP contribution < -0.4 is 5.32 Å². The minimum atomic E-state index is 0.204. The zero-order valence-electron chi connectivity index (χ0n) is 12.0. The SMILES string of the molecule is C#Cc1cccc(NC2c3ccccc3CC2(C)C)c1. The summed E-state index contributed by atoms with van der Waals surface area (Å²) in [5.74, 6) is 2.69. The minimum absolute atomic E-state index is 0.204. The van der Waals surface area contributed by atoms with Gasteiger partial charge in [0.05, 0.1) is 6.04 Å². The number of hydrogen-bond acceptors (Lipinski definition) is 1. The normalized spacial score (nSPS) is 19.1. The highest BCUT2D eigenvalue weighted by Crippen LogP contribution is 2.46. The van der Waals surface area contributed by atoms with E-state index >= 15 is 0 Å². The van der Waals surface area contributed by atoms with Crippen LogP contribution in [0.2, 0.25) is 0 Å². The van der Waals surface area contributed by atoms with Gasteiger partial charge >= 0.3 is 0 Å². The zero-order chi connectivity index (χ0) is 14.2. The number of fused-ring (bicyclic) bond motifs is 1. The summed E-state index contributed by atoms with van der Waals surface area (Å²) in [4.78, 5) is 0. The fourth-order valence-electron chi connectivity index (χ4n) is 3.13. The van der Waals surface area contributed by atoms with Gasteiger partial charge in [-0.3, -0.25) is 0 Å².